The highest BCUT2D eigenvalue weighted by Gasteiger charge is 2.15. The molecule has 0 spiro atoms. The van der Waals surface area contributed by atoms with E-state index in [0.717, 1.165) is 0 Å². The second-order valence-corrected chi connectivity index (χ2v) is 2.85. The van der Waals surface area contributed by atoms with Gasteiger partial charge in [0.05, 0.1) is 18.1 Å². The Balaban J connectivity index is 3.30. The van der Waals surface area contributed by atoms with Crippen molar-refractivity contribution in [3.63, 3.8) is 0 Å². The van der Waals surface area contributed by atoms with Gasteiger partial charge in [-0.25, -0.2) is 5.11 Å². The molecular weight excluding hydrogens is 186 g/mol. The largest absolute Gasteiger partial charge is 0.496 e. The molecule has 75 valence electrons. The van der Waals surface area contributed by atoms with E-state index >= 15 is 0 Å². The number of rotatable bonds is 3. The number of hydrogen-bond donors (Lipinski definition) is 0. The molecule has 0 aliphatic carbocycles. The van der Waals surface area contributed by atoms with Crippen LogP contribution in [0.3, 0.4) is 0 Å². The van der Waals surface area contributed by atoms with Crippen molar-refractivity contribution < 1.29 is 14.8 Å². The SMILES string of the molecule is COc1cc([N+](=O)[O-])c(C)cc1C[O]. The number of ether oxygens (including phenoxy) is 1. The fourth-order valence-electron chi connectivity index (χ4n) is 1.24. The van der Waals surface area contributed by atoms with Crippen molar-refractivity contribution in [1.29, 1.82) is 0 Å². The van der Waals surface area contributed by atoms with Crippen LogP contribution in [-0.2, 0) is 11.7 Å². The van der Waals surface area contributed by atoms with Gasteiger partial charge < -0.3 is 4.74 Å². The second-order valence-electron chi connectivity index (χ2n) is 2.85. The molecule has 5 heteroatoms. The third kappa shape index (κ3) is 1.82. The maximum atomic E-state index is 10.7. The Bertz CT molecular complexity index is 362. The molecule has 0 saturated carbocycles. The molecule has 0 amide bonds. The maximum absolute atomic E-state index is 10.7. The van der Waals surface area contributed by atoms with E-state index in [1.807, 2.05) is 0 Å². The molecule has 0 unspecified atom stereocenters. The topological polar surface area (TPSA) is 72.3 Å². The van der Waals surface area contributed by atoms with E-state index in [2.05, 4.69) is 0 Å². The summed E-state index contributed by atoms with van der Waals surface area (Å²) in [4.78, 5) is 10.1. The first kappa shape index (κ1) is 10.5. The van der Waals surface area contributed by atoms with Crippen molar-refractivity contribution in [3.05, 3.63) is 33.4 Å². The van der Waals surface area contributed by atoms with Gasteiger partial charge in [-0.15, -0.1) is 0 Å². The van der Waals surface area contributed by atoms with Crippen molar-refractivity contribution in [2.24, 2.45) is 0 Å². The van der Waals surface area contributed by atoms with E-state index in [1.165, 1.54) is 19.2 Å². The van der Waals surface area contributed by atoms with Gasteiger partial charge in [0.2, 0.25) is 0 Å². The lowest BCUT2D eigenvalue weighted by Gasteiger charge is -2.06. The van der Waals surface area contributed by atoms with E-state index in [9.17, 15) is 15.2 Å². The molecule has 0 atom stereocenters. The smallest absolute Gasteiger partial charge is 0.276 e. The third-order valence-corrected chi connectivity index (χ3v) is 1.95. The minimum absolute atomic E-state index is 0.0287. The van der Waals surface area contributed by atoms with Crippen LogP contribution in [0.4, 0.5) is 5.69 Å². The van der Waals surface area contributed by atoms with Crippen LogP contribution in [-0.4, -0.2) is 12.0 Å². The Hall–Kier alpha value is -1.62. The maximum Gasteiger partial charge on any atom is 0.276 e. The first-order valence-corrected chi connectivity index (χ1v) is 4.00. The average Bonchev–Trinajstić information content (AvgIpc) is 2.16. The summed E-state index contributed by atoms with van der Waals surface area (Å²) in [6, 6.07) is 2.77. The van der Waals surface area contributed by atoms with Crippen molar-refractivity contribution in [2.45, 2.75) is 13.5 Å². The van der Waals surface area contributed by atoms with Gasteiger partial charge in [-0.3, -0.25) is 10.1 Å². The molecule has 1 rings (SSSR count). The predicted molar refractivity (Wildman–Crippen MR) is 48.8 cm³/mol. The van der Waals surface area contributed by atoms with Crippen molar-refractivity contribution in [1.82, 2.24) is 0 Å². The van der Waals surface area contributed by atoms with Gasteiger partial charge >= 0.3 is 0 Å². The number of nitrogens with zero attached hydrogens (tertiary/aromatic N) is 1. The zero-order chi connectivity index (χ0) is 10.7. The number of nitro groups is 1. The molecule has 0 heterocycles. The van der Waals surface area contributed by atoms with Gasteiger partial charge in [0.15, 0.2) is 0 Å². The zero-order valence-corrected chi connectivity index (χ0v) is 7.94. The first-order chi connectivity index (χ1) is 6.60. The number of methoxy groups -OCH3 is 1. The lowest BCUT2D eigenvalue weighted by molar-refractivity contribution is -0.385. The first-order valence-electron chi connectivity index (χ1n) is 4.00. The van der Waals surface area contributed by atoms with Crippen molar-refractivity contribution in [3.8, 4) is 5.75 Å². The fraction of sp³-hybridized carbons (Fsp3) is 0.333. The van der Waals surface area contributed by atoms with Crippen LogP contribution in [0.25, 0.3) is 0 Å². The molecule has 0 aromatic heterocycles. The second kappa shape index (κ2) is 4.06. The Morgan fingerprint density at radius 3 is 2.57 bits per heavy atom. The average molecular weight is 196 g/mol. The number of aryl methyl sites for hydroxylation is 1. The highest BCUT2D eigenvalue weighted by atomic mass is 16.6. The normalized spacial score (nSPS) is 9.93. The van der Waals surface area contributed by atoms with E-state index in [-0.39, 0.29) is 11.4 Å². The standard InChI is InChI=1S/C9H10NO4/c1-6-3-7(5-11)9(14-2)4-8(6)10(12)13/h3-4H,5H2,1-2H3. The number of hydrogen-bond acceptors (Lipinski definition) is 3. The predicted octanol–water partition coefficient (Wildman–Crippen LogP) is 1.84. The lowest BCUT2D eigenvalue weighted by atomic mass is 10.1. The number of benzene rings is 1. The van der Waals surface area contributed by atoms with Gasteiger partial charge in [0.25, 0.3) is 5.69 Å². The Morgan fingerprint density at radius 2 is 2.14 bits per heavy atom. The lowest BCUT2D eigenvalue weighted by Crippen LogP contribution is -1.97. The number of nitro benzene ring substituents is 1. The Kier molecular flexibility index (Phi) is 3.03. The van der Waals surface area contributed by atoms with Gasteiger partial charge in [-0.2, -0.15) is 0 Å². The summed E-state index contributed by atoms with van der Waals surface area (Å²) < 4.78 is 4.88. The van der Waals surface area contributed by atoms with Crippen LogP contribution in [0.15, 0.2) is 12.1 Å². The molecule has 0 saturated heterocycles. The third-order valence-electron chi connectivity index (χ3n) is 1.95. The molecule has 0 bridgehead atoms. The van der Waals surface area contributed by atoms with E-state index in [4.69, 9.17) is 4.74 Å². The summed E-state index contributed by atoms with van der Waals surface area (Å²) in [5, 5.41) is 21.3. The summed E-state index contributed by atoms with van der Waals surface area (Å²) in [7, 11) is 1.38. The van der Waals surface area contributed by atoms with Crippen LogP contribution >= 0.6 is 0 Å². The summed E-state index contributed by atoms with van der Waals surface area (Å²) >= 11 is 0. The quantitative estimate of drug-likeness (QED) is 0.547. The summed E-state index contributed by atoms with van der Waals surface area (Å²) in [5.74, 6) is 0.275. The Labute approximate surface area is 81.1 Å². The molecule has 0 fully saturated rings. The minimum Gasteiger partial charge on any atom is -0.496 e. The van der Waals surface area contributed by atoms with Crippen molar-refractivity contribution in [2.75, 3.05) is 7.11 Å². The molecule has 1 aromatic carbocycles. The molecule has 0 aliphatic rings. The molecule has 5 nitrogen and oxygen atoms in total. The van der Waals surface area contributed by atoms with Crippen LogP contribution in [0.2, 0.25) is 0 Å². The summed E-state index contributed by atoms with van der Waals surface area (Å²) in [6.45, 7) is 1.15. The minimum atomic E-state index is -0.494. The highest BCUT2D eigenvalue weighted by molar-refractivity contribution is 5.49. The van der Waals surface area contributed by atoms with Crippen LogP contribution in [0, 0.1) is 17.0 Å². The van der Waals surface area contributed by atoms with Gasteiger partial charge in [-0.05, 0) is 13.0 Å². The van der Waals surface area contributed by atoms with E-state index < -0.39 is 11.5 Å². The summed E-state index contributed by atoms with van der Waals surface area (Å²) in [6.07, 6.45) is 0. The highest BCUT2D eigenvalue weighted by Crippen LogP contribution is 2.28. The van der Waals surface area contributed by atoms with Crippen LogP contribution < -0.4 is 4.74 Å². The molecule has 0 aliphatic heterocycles. The fourth-order valence-corrected chi connectivity index (χ4v) is 1.24. The molecule has 0 N–H and O–H groups in total. The van der Waals surface area contributed by atoms with Crippen LogP contribution in [0.5, 0.6) is 5.75 Å². The zero-order valence-electron chi connectivity index (χ0n) is 7.94. The van der Waals surface area contributed by atoms with Gasteiger partial charge in [-0.1, -0.05) is 0 Å². The summed E-state index contributed by atoms with van der Waals surface area (Å²) in [5.41, 5.74) is 0.885. The van der Waals surface area contributed by atoms with Crippen molar-refractivity contribution >= 4 is 5.69 Å². The molecular formula is C9H10NO4. The Morgan fingerprint density at radius 1 is 1.50 bits per heavy atom. The monoisotopic (exact) mass is 196 g/mol. The van der Waals surface area contributed by atoms with E-state index in [0.29, 0.717) is 11.1 Å². The van der Waals surface area contributed by atoms with Gasteiger partial charge in [0.1, 0.15) is 12.4 Å². The molecule has 1 aromatic rings. The van der Waals surface area contributed by atoms with E-state index in [1.54, 1.807) is 6.92 Å². The van der Waals surface area contributed by atoms with Crippen LogP contribution in [0.1, 0.15) is 11.1 Å². The van der Waals surface area contributed by atoms with Gasteiger partial charge in [0, 0.05) is 11.1 Å². The molecule has 14 heavy (non-hydrogen) atoms. The molecule has 1 radical (unpaired) electrons.